The Morgan fingerprint density at radius 2 is 1.88 bits per heavy atom. The number of nitrogens with one attached hydrogen (secondary N) is 1. The van der Waals surface area contributed by atoms with Crippen molar-refractivity contribution in [3.05, 3.63) is 33.9 Å². The van der Waals surface area contributed by atoms with E-state index in [4.69, 9.17) is 10.2 Å². The van der Waals surface area contributed by atoms with E-state index < -0.39 is 11.9 Å². The van der Waals surface area contributed by atoms with Gasteiger partial charge in [-0.3, -0.25) is 0 Å². The van der Waals surface area contributed by atoms with Crippen molar-refractivity contribution in [3.8, 4) is 0 Å². The van der Waals surface area contributed by atoms with E-state index in [1.807, 2.05) is 0 Å². The van der Waals surface area contributed by atoms with Gasteiger partial charge in [0.25, 0.3) is 0 Å². The molecule has 2 rings (SSSR count). The predicted molar refractivity (Wildman–Crippen MR) is 59.9 cm³/mol. The lowest BCUT2D eigenvalue weighted by atomic mass is 10.1. The highest BCUT2D eigenvalue weighted by Crippen LogP contribution is 2.25. The summed E-state index contributed by atoms with van der Waals surface area (Å²) in [7, 11) is 0. The van der Waals surface area contributed by atoms with Crippen LogP contribution in [0.2, 0.25) is 0 Å². The van der Waals surface area contributed by atoms with E-state index in [2.05, 4.69) is 20.9 Å². The molecule has 6 heteroatoms. The SMILES string of the molecule is O=C(O)c1[nH]c2cc(Br)ccc2c1C(=O)O. The van der Waals surface area contributed by atoms with Crippen molar-refractivity contribution < 1.29 is 19.8 Å². The Labute approximate surface area is 97.8 Å². The maximum Gasteiger partial charge on any atom is 0.353 e. The largest absolute Gasteiger partial charge is 0.478 e. The average Bonchev–Trinajstić information content (AvgIpc) is 2.55. The van der Waals surface area contributed by atoms with Gasteiger partial charge in [0.2, 0.25) is 0 Å². The van der Waals surface area contributed by atoms with Crippen molar-refractivity contribution in [3.63, 3.8) is 0 Å². The van der Waals surface area contributed by atoms with E-state index in [1.165, 1.54) is 0 Å². The highest BCUT2D eigenvalue weighted by molar-refractivity contribution is 9.10. The molecule has 1 aromatic heterocycles. The number of hydrogen-bond acceptors (Lipinski definition) is 2. The van der Waals surface area contributed by atoms with Crippen LogP contribution < -0.4 is 0 Å². The molecule has 0 aliphatic carbocycles. The maximum atomic E-state index is 11.0. The monoisotopic (exact) mass is 283 g/mol. The summed E-state index contributed by atoms with van der Waals surface area (Å²) in [5, 5.41) is 18.2. The minimum atomic E-state index is -1.29. The standard InChI is InChI=1S/C10H6BrNO4/c11-4-1-2-5-6(3-4)12-8(10(15)16)7(5)9(13)14/h1-3,12H,(H,13,14)(H,15,16). The number of aromatic amines is 1. The molecular weight excluding hydrogens is 278 g/mol. The number of carbonyl (C=O) groups is 2. The molecule has 0 bridgehead atoms. The Morgan fingerprint density at radius 1 is 1.19 bits per heavy atom. The van der Waals surface area contributed by atoms with E-state index >= 15 is 0 Å². The van der Waals surface area contributed by atoms with E-state index in [0.717, 1.165) is 4.47 Å². The Bertz CT molecular complexity index is 602. The zero-order chi connectivity index (χ0) is 11.9. The summed E-state index contributed by atoms with van der Waals surface area (Å²) in [5.74, 6) is -2.55. The molecule has 0 spiro atoms. The molecule has 1 heterocycles. The van der Waals surface area contributed by atoms with Crippen LogP contribution in [0, 0.1) is 0 Å². The van der Waals surface area contributed by atoms with Crippen LogP contribution in [0.25, 0.3) is 10.9 Å². The minimum Gasteiger partial charge on any atom is -0.478 e. The number of carboxylic acid groups (broad SMARTS) is 2. The van der Waals surface area contributed by atoms with Crippen LogP contribution in [0.4, 0.5) is 0 Å². The molecule has 0 saturated heterocycles. The third-order valence-electron chi connectivity index (χ3n) is 2.19. The van der Waals surface area contributed by atoms with Gasteiger partial charge in [0.15, 0.2) is 0 Å². The second-order valence-electron chi connectivity index (χ2n) is 3.18. The smallest absolute Gasteiger partial charge is 0.353 e. The van der Waals surface area contributed by atoms with Crippen LogP contribution >= 0.6 is 15.9 Å². The highest BCUT2D eigenvalue weighted by atomic mass is 79.9. The number of hydrogen-bond donors (Lipinski definition) is 3. The van der Waals surface area contributed by atoms with Crippen molar-refractivity contribution in [1.82, 2.24) is 4.98 Å². The molecule has 0 aliphatic heterocycles. The molecule has 0 saturated carbocycles. The highest BCUT2D eigenvalue weighted by Gasteiger charge is 2.22. The summed E-state index contributed by atoms with van der Waals surface area (Å²) < 4.78 is 0.745. The first-order chi connectivity index (χ1) is 7.50. The fourth-order valence-electron chi connectivity index (χ4n) is 1.55. The number of rotatable bonds is 2. The summed E-state index contributed by atoms with van der Waals surface area (Å²) in [6.45, 7) is 0. The van der Waals surface area contributed by atoms with Gasteiger partial charge in [-0.1, -0.05) is 22.0 Å². The van der Waals surface area contributed by atoms with Gasteiger partial charge < -0.3 is 15.2 Å². The fraction of sp³-hybridized carbons (Fsp3) is 0. The van der Waals surface area contributed by atoms with Gasteiger partial charge >= 0.3 is 11.9 Å². The van der Waals surface area contributed by atoms with Gasteiger partial charge in [-0.2, -0.15) is 0 Å². The number of aromatic carboxylic acids is 2. The number of fused-ring (bicyclic) bond motifs is 1. The molecule has 0 radical (unpaired) electrons. The molecule has 0 amide bonds. The molecule has 2 aromatic rings. The van der Waals surface area contributed by atoms with Crippen LogP contribution in [0.3, 0.4) is 0 Å². The molecule has 0 fully saturated rings. The zero-order valence-corrected chi connectivity index (χ0v) is 9.41. The van der Waals surface area contributed by atoms with Gasteiger partial charge in [0, 0.05) is 15.4 Å². The summed E-state index contributed by atoms with van der Waals surface area (Å²) in [6, 6.07) is 4.86. The van der Waals surface area contributed by atoms with E-state index in [-0.39, 0.29) is 11.3 Å². The number of carboxylic acids is 2. The topological polar surface area (TPSA) is 90.4 Å². The first-order valence-corrected chi connectivity index (χ1v) is 5.08. The quantitative estimate of drug-likeness (QED) is 0.789. The number of H-pyrrole nitrogens is 1. The zero-order valence-electron chi connectivity index (χ0n) is 7.82. The molecular formula is C10H6BrNO4. The van der Waals surface area contributed by atoms with Crippen molar-refractivity contribution in [2.45, 2.75) is 0 Å². The summed E-state index contributed by atoms with van der Waals surface area (Å²) in [6.07, 6.45) is 0. The second-order valence-corrected chi connectivity index (χ2v) is 4.09. The maximum absolute atomic E-state index is 11.0. The Balaban J connectivity index is 2.86. The number of aromatic nitrogens is 1. The third-order valence-corrected chi connectivity index (χ3v) is 2.68. The van der Waals surface area contributed by atoms with Crippen LogP contribution in [0.15, 0.2) is 22.7 Å². The lowest BCUT2D eigenvalue weighted by molar-refractivity contribution is 0.0650. The van der Waals surface area contributed by atoms with Crippen LogP contribution in [-0.2, 0) is 0 Å². The first-order valence-electron chi connectivity index (χ1n) is 4.28. The molecule has 82 valence electrons. The van der Waals surface area contributed by atoms with Gasteiger partial charge in [-0.05, 0) is 12.1 Å². The lowest BCUT2D eigenvalue weighted by Gasteiger charge is -1.94. The summed E-state index contributed by atoms with van der Waals surface area (Å²) >= 11 is 3.23. The van der Waals surface area contributed by atoms with E-state index in [1.54, 1.807) is 18.2 Å². The summed E-state index contributed by atoms with van der Waals surface area (Å²) in [5.41, 5.74) is -0.0419. The van der Waals surface area contributed by atoms with Crippen molar-refractivity contribution >= 4 is 38.8 Å². The van der Waals surface area contributed by atoms with E-state index in [0.29, 0.717) is 10.9 Å². The molecule has 16 heavy (non-hydrogen) atoms. The second kappa shape index (κ2) is 3.64. The van der Waals surface area contributed by atoms with E-state index in [9.17, 15) is 9.59 Å². The van der Waals surface area contributed by atoms with Gasteiger partial charge in [0.05, 0.1) is 5.56 Å². The molecule has 0 unspecified atom stereocenters. The third kappa shape index (κ3) is 1.57. The molecule has 0 atom stereocenters. The Hall–Kier alpha value is -1.82. The van der Waals surface area contributed by atoms with Gasteiger partial charge in [0.1, 0.15) is 5.69 Å². The first kappa shape index (κ1) is 10.7. The van der Waals surface area contributed by atoms with Crippen LogP contribution in [0.5, 0.6) is 0 Å². The predicted octanol–water partition coefficient (Wildman–Crippen LogP) is 2.33. The Kier molecular flexibility index (Phi) is 2.43. The molecule has 0 aliphatic rings. The van der Waals surface area contributed by atoms with Crippen molar-refractivity contribution in [2.75, 3.05) is 0 Å². The van der Waals surface area contributed by atoms with Crippen LogP contribution in [0.1, 0.15) is 20.8 Å². The molecule has 5 nitrogen and oxygen atoms in total. The average molecular weight is 284 g/mol. The van der Waals surface area contributed by atoms with Crippen molar-refractivity contribution in [2.24, 2.45) is 0 Å². The summed E-state index contributed by atoms with van der Waals surface area (Å²) in [4.78, 5) is 24.4. The fourth-order valence-corrected chi connectivity index (χ4v) is 1.91. The van der Waals surface area contributed by atoms with Gasteiger partial charge in [-0.25, -0.2) is 9.59 Å². The van der Waals surface area contributed by atoms with Crippen LogP contribution in [-0.4, -0.2) is 27.1 Å². The number of halogens is 1. The molecule has 3 N–H and O–H groups in total. The van der Waals surface area contributed by atoms with Gasteiger partial charge in [-0.15, -0.1) is 0 Å². The van der Waals surface area contributed by atoms with Crippen molar-refractivity contribution in [1.29, 1.82) is 0 Å². The minimum absolute atomic E-state index is 0.213. The molecule has 1 aromatic carbocycles. The normalized spacial score (nSPS) is 10.6. The number of benzene rings is 1. The Morgan fingerprint density at radius 3 is 2.44 bits per heavy atom. The lowest BCUT2D eigenvalue weighted by Crippen LogP contribution is -2.06.